The molecule has 0 bridgehead atoms. The second kappa shape index (κ2) is 9.91. The van der Waals surface area contributed by atoms with E-state index in [4.69, 9.17) is 4.74 Å². The van der Waals surface area contributed by atoms with E-state index in [1.54, 1.807) is 21.9 Å². The molecule has 1 fully saturated rings. The number of rotatable bonds is 4. The van der Waals surface area contributed by atoms with Crippen molar-refractivity contribution in [1.82, 2.24) is 24.7 Å². The highest BCUT2D eigenvalue weighted by atomic mass is 32.1. The van der Waals surface area contributed by atoms with Gasteiger partial charge in [0, 0.05) is 58.2 Å². The fraction of sp³-hybridized carbons (Fsp3) is 0.400. The first-order valence-corrected chi connectivity index (χ1v) is 13.1. The maximum Gasteiger partial charge on any atom is 0.409 e. The standard InChI is InChI=1S/C25H26F2N6O5S/c1-4-32-23(36)19-21(35)20(34)16(22-29-28-18(39-22)11-14-5-6-15(26)12-17(14)27)13-33(19)30(2)25(32)7-9-31(10-8-25)24(37)38-3/h5-6,12-13,35H,4,7-11H2,1-3H3. The molecule has 11 nitrogen and oxygen atoms in total. The summed E-state index contributed by atoms with van der Waals surface area (Å²) in [4.78, 5) is 42.0. The topological polar surface area (TPSA) is 121 Å². The molecule has 1 saturated heterocycles. The van der Waals surface area contributed by atoms with Gasteiger partial charge in [-0.05, 0) is 18.6 Å². The number of carbonyl (C=O) groups is 2. The molecule has 3 aromatic rings. The van der Waals surface area contributed by atoms with Crippen LogP contribution >= 0.6 is 11.3 Å². The van der Waals surface area contributed by atoms with Crippen molar-refractivity contribution in [3.05, 3.63) is 62.5 Å². The first-order valence-electron chi connectivity index (χ1n) is 12.3. The molecule has 5 rings (SSSR count). The van der Waals surface area contributed by atoms with Crippen molar-refractivity contribution >= 4 is 23.3 Å². The van der Waals surface area contributed by atoms with Crippen molar-refractivity contribution in [2.45, 2.75) is 31.8 Å². The fourth-order valence-electron chi connectivity index (χ4n) is 5.34. The molecule has 0 radical (unpaired) electrons. The number of hydrogen-bond acceptors (Lipinski definition) is 9. The summed E-state index contributed by atoms with van der Waals surface area (Å²) in [5, 5.41) is 21.4. The number of aromatic hydroxyl groups is 1. The lowest BCUT2D eigenvalue weighted by atomic mass is 9.92. The maximum absolute atomic E-state index is 14.1. The van der Waals surface area contributed by atoms with Gasteiger partial charge in [0.15, 0.2) is 16.5 Å². The molecule has 0 saturated carbocycles. The van der Waals surface area contributed by atoms with Gasteiger partial charge in [0.05, 0.1) is 12.7 Å². The predicted molar refractivity (Wildman–Crippen MR) is 137 cm³/mol. The van der Waals surface area contributed by atoms with Crippen LogP contribution in [0.25, 0.3) is 10.6 Å². The molecule has 0 atom stereocenters. The number of carbonyl (C=O) groups excluding carboxylic acids is 2. The monoisotopic (exact) mass is 560 g/mol. The van der Waals surface area contributed by atoms with Crippen molar-refractivity contribution in [3.8, 4) is 16.3 Å². The minimum atomic E-state index is -0.825. The van der Waals surface area contributed by atoms with Gasteiger partial charge in [-0.15, -0.1) is 10.2 Å². The molecule has 0 aliphatic carbocycles. The molecule has 2 aliphatic rings. The number of nitrogens with zero attached hydrogens (tertiary/aromatic N) is 6. The predicted octanol–water partition coefficient (Wildman–Crippen LogP) is 2.54. The minimum absolute atomic E-state index is 0.0197. The number of ether oxygens (including phenoxy) is 1. The number of amides is 2. The van der Waals surface area contributed by atoms with Crippen molar-refractivity contribution in [1.29, 1.82) is 0 Å². The Balaban J connectivity index is 1.53. The summed E-state index contributed by atoms with van der Waals surface area (Å²) in [6.07, 6.45) is 1.85. The van der Waals surface area contributed by atoms with Crippen LogP contribution in [0.15, 0.2) is 29.2 Å². The number of hydrogen-bond donors (Lipinski definition) is 1. The molecule has 1 N–H and O–H groups in total. The van der Waals surface area contributed by atoms with Crippen LogP contribution in [-0.4, -0.2) is 81.2 Å². The van der Waals surface area contributed by atoms with Crippen molar-refractivity contribution in [3.63, 3.8) is 0 Å². The summed E-state index contributed by atoms with van der Waals surface area (Å²) < 4.78 is 33.7. The molecule has 1 spiro atoms. The lowest BCUT2D eigenvalue weighted by molar-refractivity contribution is 0.000633. The van der Waals surface area contributed by atoms with E-state index in [1.807, 2.05) is 6.92 Å². The summed E-state index contributed by atoms with van der Waals surface area (Å²) in [6.45, 7) is 2.81. The molecule has 4 heterocycles. The van der Waals surface area contributed by atoms with Gasteiger partial charge < -0.3 is 19.6 Å². The number of fused-ring (bicyclic) bond motifs is 1. The zero-order chi connectivity index (χ0) is 28.1. The Hall–Kier alpha value is -4.07. The van der Waals surface area contributed by atoms with E-state index < -0.39 is 40.5 Å². The molecule has 39 heavy (non-hydrogen) atoms. The Morgan fingerprint density at radius 2 is 1.92 bits per heavy atom. The van der Waals surface area contributed by atoms with Crippen LogP contribution in [0.4, 0.5) is 13.6 Å². The molecule has 206 valence electrons. The Morgan fingerprint density at radius 3 is 2.56 bits per heavy atom. The molecular weight excluding hydrogens is 534 g/mol. The normalized spacial score (nSPS) is 16.5. The summed E-state index contributed by atoms with van der Waals surface area (Å²) >= 11 is 1.03. The second-order valence-corrected chi connectivity index (χ2v) is 10.4. The van der Waals surface area contributed by atoms with E-state index in [1.165, 1.54) is 24.0 Å². The largest absolute Gasteiger partial charge is 0.502 e. The number of benzene rings is 1. The highest BCUT2D eigenvalue weighted by Gasteiger charge is 2.51. The van der Waals surface area contributed by atoms with Gasteiger partial charge in [-0.3, -0.25) is 19.3 Å². The Kier molecular flexibility index (Phi) is 6.74. The molecule has 2 amide bonds. The summed E-state index contributed by atoms with van der Waals surface area (Å²) in [5.74, 6) is -2.64. The molecule has 14 heteroatoms. The van der Waals surface area contributed by atoms with E-state index in [2.05, 4.69) is 10.2 Å². The highest BCUT2D eigenvalue weighted by Crippen LogP contribution is 2.38. The third-order valence-electron chi connectivity index (χ3n) is 7.41. The van der Waals surface area contributed by atoms with Gasteiger partial charge in [-0.2, -0.15) is 0 Å². The first kappa shape index (κ1) is 26.5. The minimum Gasteiger partial charge on any atom is -0.502 e. The van der Waals surface area contributed by atoms with Crippen LogP contribution in [-0.2, 0) is 11.2 Å². The van der Waals surface area contributed by atoms with Gasteiger partial charge in [-0.1, -0.05) is 17.4 Å². The molecule has 2 aromatic heterocycles. The summed E-state index contributed by atoms with van der Waals surface area (Å²) in [7, 11) is 3.07. The van der Waals surface area contributed by atoms with Crippen LogP contribution in [0.3, 0.4) is 0 Å². The van der Waals surface area contributed by atoms with E-state index >= 15 is 0 Å². The van der Waals surface area contributed by atoms with E-state index in [-0.39, 0.29) is 28.2 Å². The average Bonchev–Trinajstić information content (AvgIpc) is 3.39. The number of halogens is 2. The lowest BCUT2D eigenvalue weighted by Gasteiger charge is -2.56. The third kappa shape index (κ3) is 4.28. The van der Waals surface area contributed by atoms with E-state index in [9.17, 15) is 28.3 Å². The van der Waals surface area contributed by atoms with Gasteiger partial charge in [0.25, 0.3) is 5.91 Å². The van der Waals surface area contributed by atoms with Crippen molar-refractivity contribution in [2.24, 2.45) is 0 Å². The first-order chi connectivity index (χ1) is 18.6. The van der Waals surface area contributed by atoms with Gasteiger partial charge in [0.2, 0.25) is 5.43 Å². The van der Waals surface area contributed by atoms with Crippen LogP contribution in [0, 0.1) is 11.6 Å². The average molecular weight is 561 g/mol. The van der Waals surface area contributed by atoms with Gasteiger partial charge in [0.1, 0.15) is 22.3 Å². The van der Waals surface area contributed by atoms with Crippen LogP contribution < -0.4 is 10.4 Å². The lowest BCUT2D eigenvalue weighted by Crippen LogP contribution is -2.72. The van der Waals surface area contributed by atoms with Crippen LogP contribution in [0.1, 0.15) is 40.8 Å². The second-order valence-electron chi connectivity index (χ2n) is 9.34. The van der Waals surface area contributed by atoms with Crippen molar-refractivity contribution in [2.75, 3.05) is 38.8 Å². The van der Waals surface area contributed by atoms with E-state index in [0.29, 0.717) is 37.5 Å². The SMILES string of the molecule is CCN1C(=O)c2c(O)c(=O)c(-c3nnc(Cc4ccc(F)cc4F)s3)cn2N(C)C12CCN(C(=O)OC)CC2. The van der Waals surface area contributed by atoms with E-state index in [0.717, 1.165) is 23.5 Å². The molecule has 2 aliphatic heterocycles. The Bertz CT molecular complexity index is 1520. The van der Waals surface area contributed by atoms with Gasteiger partial charge in [-0.25, -0.2) is 13.6 Å². The number of methoxy groups -OCH3 is 1. The summed E-state index contributed by atoms with van der Waals surface area (Å²) in [6, 6.07) is 3.24. The van der Waals surface area contributed by atoms with Crippen LogP contribution in [0.5, 0.6) is 5.75 Å². The number of piperidine rings is 1. The molecule has 0 unspecified atom stereocenters. The zero-order valence-electron chi connectivity index (χ0n) is 21.5. The fourth-order valence-corrected chi connectivity index (χ4v) is 6.21. The highest BCUT2D eigenvalue weighted by molar-refractivity contribution is 7.14. The molecule has 1 aromatic carbocycles. The summed E-state index contributed by atoms with van der Waals surface area (Å²) in [5.41, 5.74) is -1.55. The molecular formula is C25H26F2N6O5S. The van der Waals surface area contributed by atoms with Gasteiger partial charge >= 0.3 is 6.09 Å². The zero-order valence-corrected chi connectivity index (χ0v) is 22.3. The van der Waals surface area contributed by atoms with Crippen LogP contribution in [0.2, 0.25) is 0 Å². The smallest absolute Gasteiger partial charge is 0.409 e. The number of aromatic nitrogens is 3. The quantitative estimate of drug-likeness (QED) is 0.517. The maximum atomic E-state index is 14.1. The number of likely N-dealkylation sites (tertiary alicyclic amines) is 1. The Labute approximate surface area is 225 Å². The third-order valence-corrected chi connectivity index (χ3v) is 8.36. The van der Waals surface area contributed by atoms with Crippen molar-refractivity contribution < 1.29 is 28.2 Å². The Morgan fingerprint density at radius 1 is 1.21 bits per heavy atom. The number of pyridine rings is 1.